The Balaban J connectivity index is 3.28. The zero-order valence-corrected chi connectivity index (χ0v) is 5.87. The summed E-state index contributed by atoms with van der Waals surface area (Å²) < 4.78 is 6.09. The van der Waals surface area contributed by atoms with Gasteiger partial charge in [-0.15, -0.1) is 0 Å². The van der Waals surface area contributed by atoms with E-state index in [0.29, 0.717) is 0 Å². The third-order valence-electron chi connectivity index (χ3n) is 1.18. The molecule has 0 unspecified atom stereocenters. The quantitative estimate of drug-likeness (QED) is 0.542. The van der Waals surface area contributed by atoms with Gasteiger partial charge in [-0.25, -0.2) is 4.98 Å². The maximum atomic E-state index is 11.0. The van der Waals surface area contributed by atoms with Crippen molar-refractivity contribution in [2.24, 2.45) is 7.05 Å². The predicted molar refractivity (Wildman–Crippen MR) is 36.0 cm³/mol. The summed E-state index contributed by atoms with van der Waals surface area (Å²) >= 11 is 0. The second-order valence-corrected chi connectivity index (χ2v) is 1.85. The maximum absolute atomic E-state index is 11.0. The van der Waals surface area contributed by atoms with E-state index in [1.807, 2.05) is 0 Å². The van der Waals surface area contributed by atoms with E-state index in [1.54, 1.807) is 13.2 Å². The molecule has 0 spiro atoms. The van der Waals surface area contributed by atoms with Crippen molar-refractivity contribution >= 4 is 0 Å². The first-order valence-electron chi connectivity index (χ1n) is 2.81. The fourth-order valence-corrected chi connectivity index (χ4v) is 0.615. The molecule has 0 amide bonds. The van der Waals surface area contributed by atoms with E-state index < -0.39 is 0 Å². The van der Waals surface area contributed by atoms with E-state index in [4.69, 9.17) is 0 Å². The van der Waals surface area contributed by atoms with Crippen LogP contribution < -0.4 is 10.3 Å². The van der Waals surface area contributed by atoms with E-state index in [2.05, 4.69) is 9.72 Å². The van der Waals surface area contributed by atoms with Gasteiger partial charge in [0, 0.05) is 19.4 Å². The number of aromatic nitrogens is 2. The van der Waals surface area contributed by atoms with Gasteiger partial charge >= 0.3 is 5.56 Å². The van der Waals surface area contributed by atoms with Gasteiger partial charge in [-0.1, -0.05) is 0 Å². The van der Waals surface area contributed by atoms with Gasteiger partial charge in [-0.2, -0.15) is 0 Å². The molecular formula is C6H8N2O2. The second-order valence-electron chi connectivity index (χ2n) is 1.85. The minimum Gasteiger partial charge on any atom is -0.477 e. The summed E-state index contributed by atoms with van der Waals surface area (Å²) in [5.41, 5.74) is -0.218. The van der Waals surface area contributed by atoms with Crippen LogP contribution in [0.1, 0.15) is 0 Å². The molecule has 0 saturated heterocycles. The molecule has 0 atom stereocenters. The highest BCUT2D eigenvalue weighted by Gasteiger charge is 1.98. The third kappa shape index (κ3) is 1.00. The summed E-state index contributed by atoms with van der Waals surface area (Å²) in [5.74, 6) is 0.130. The Labute approximate surface area is 58.1 Å². The minimum atomic E-state index is -0.218. The lowest BCUT2D eigenvalue weighted by Crippen LogP contribution is -2.18. The van der Waals surface area contributed by atoms with Gasteiger partial charge in [0.1, 0.15) is 0 Å². The number of rotatable bonds is 1. The van der Waals surface area contributed by atoms with Crippen molar-refractivity contribution in [3.8, 4) is 5.88 Å². The van der Waals surface area contributed by atoms with Crippen molar-refractivity contribution in [3.63, 3.8) is 0 Å². The smallest absolute Gasteiger partial charge is 0.312 e. The minimum absolute atomic E-state index is 0.130. The molecular weight excluding hydrogens is 132 g/mol. The van der Waals surface area contributed by atoms with E-state index in [1.165, 1.54) is 17.9 Å². The van der Waals surface area contributed by atoms with Crippen LogP contribution in [0.15, 0.2) is 17.2 Å². The number of methoxy groups -OCH3 is 1. The SMILES string of the molecule is COc1nccn(C)c1=O. The van der Waals surface area contributed by atoms with Gasteiger partial charge in [0.25, 0.3) is 5.88 Å². The number of nitrogens with zero attached hydrogens (tertiary/aromatic N) is 2. The Morgan fingerprint density at radius 3 is 2.90 bits per heavy atom. The number of aryl methyl sites for hydroxylation is 1. The third-order valence-corrected chi connectivity index (χ3v) is 1.18. The van der Waals surface area contributed by atoms with Gasteiger partial charge < -0.3 is 9.30 Å². The topological polar surface area (TPSA) is 44.1 Å². The van der Waals surface area contributed by atoms with Crippen LogP contribution in [0, 0.1) is 0 Å². The lowest BCUT2D eigenvalue weighted by Gasteiger charge is -1.98. The van der Waals surface area contributed by atoms with Crippen molar-refractivity contribution in [3.05, 3.63) is 22.7 Å². The average Bonchev–Trinajstić information content (AvgIpc) is 1.95. The molecule has 1 rings (SSSR count). The number of hydrogen-bond acceptors (Lipinski definition) is 3. The first kappa shape index (κ1) is 6.80. The molecule has 4 nitrogen and oxygen atoms in total. The lowest BCUT2D eigenvalue weighted by atomic mass is 10.7. The van der Waals surface area contributed by atoms with E-state index in [9.17, 15) is 4.79 Å². The highest BCUT2D eigenvalue weighted by molar-refractivity contribution is 5.02. The molecule has 0 aliphatic rings. The molecule has 0 aromatic carbocycles. The van der Waals surface area contributed by atoms with E-state index in [-0.39, 0.29) is 11.4 Å². The van der Waals surface area contributed by atoms with Crippen LogP contribution in [0.3, 0.4) is 0 Å². The molecule has 54 valence electrons. The lowest BCUT2D eigenvalue weighted by molar-refractivity contribution is 0.387. The molecule has 0 aliphatic heterocycles. The molecule has 1 heterocycles. The average molecular weight is 140 g/mol. The van der Waals surface area contributed by atoms with Crippen LogP contribution in [0.25, 0.3) is 0 Å². The number of ether oxygens (including phenoxy) is 1. The highest BCUT2D eigenvalue weighted by Crippen LogP contribution is 1.91. The van der Waals surface area contributed by atoms with Crippen LogP contribution >= 0.6 is 0 Å². The molecule has 0 fully saturated rings. The maximum Gasteiger partial charge on any atom is 0.312 e. The summed E-state index contributed by atoms with van der Waals surface area (Å²) in [6, 6.07) is 0. The van der Waals surface area contributed by atoms with Crippen molar-refractivity contribution in [2.45, 2.75) is 0 Å². The predicted octanol–water partition coefficient (Wildman–Crippen LogP) is -0.211. The Morgan fingerprint density at radius 1 is 1.70 bits per heavy atom. The standard InChI is InChI=1S/C6H8N2O2/c1-8-4-3-7-5(10-2)6(8)9/h3-4H,1-2H3. The zero-order valence-electron chi connectivity index (χ0n) is 5.87. The van der Waals surface area contributed by atoms with Crippen LogP contribution in [0.4, 0.5) is 0 Å². The summed E-state index contributed by atoms with van der Waals surface area (Å²) in [7, 11) is 3.07. The van der Waals surface area contributed by atoms with E-state index >= 15 is 0 Å². The Kier molecular flexibility index (Phi) is 1.71. The highest BCUT2D eigenvalue weighted by atomic mass is 16.5. The van der Waals surface area contributed by atoms with Gasteiger partial charge in [-0.05, 0) is 0 Å². The van der Waals surface area contributed by atoms with Crippen LogP contribution in [-0.4, -0.2) is 16.7 Å². The Hall–Kier alpha value is -1.32. The Bertz CT molecular complexity index is 279. The Morgan fingerprint density at radius 2 is 2.40 bits per heavy atom. The van der Waals surface area contributed by atoms with E-state index in [0.717, 1.165) is 0 Å². The summed E-state index contributed by atoms with van der Waals surface area (Å²) in [5, 5.41) is 0. The normalized spacial score (nSPS) is 9.40. The van der Waals surface area contributed by atoms with Crippen LogP contribution in [-0.2, 0) is 7.05 Å². The summed E-state index contributed by atoms with van der Waals surface area (Å²) in [6.07, 6.45) is 3.09. The first-order valence-corrected chi connectivity index (χ1v) is 2.81. The van der Waals surface area contributed by atoms with Crippen LogP contribution in [0.2, 0.25) is 0 Å². The van der Waals surface area contributed by atoms with Crippen molar-refractivity contribution in [1.82, 2.24) is 9.55 Å². The van der Waals surface area contributed by atoms with Gasteiger partial charge in [0.05, 0.1) is 7.11 Å². The molecule has 1 aromatic rings. The van der Waals surface area contributed by atoms with Crippen LogP contribution in [0.5, 0.6) is 5.88 Å². The molecule has 0 bridgehead atoms. The van der Waals surface area contributed by atoms with Crippen molar-refractivity contribution in [1.29, 1.82) is 0 Å². The largest absolute Gasteiger partial charge is 0.477 e. The second kappa shape index (κ2) is 2.51. The zero-order chi connectivity index (χ0) is 7.56. The molecule has 10 heavy (non-hydrogen) atoms. The van der Waals surface area contributed by atoms with Crippen molar-refractivity contribution < 1.29 is 4.74 Å². The first-order chi connectivity index (χ1) is 4.75. The molecule has 4 heteroatoms. The van der Waals surface area contributed by atoms with Crippen molar-refractivity contribution in [2.75, 3.05) is 7.11 Å². The van der Waals surface area contributed by atoms with Gasteiger partial charge in [0.15, 0.2) is 0 Å². The summed E-state index contributed by atoms with van der Waals surface area (Å²) in [6.45, 7) is 0. The molecule has 0 saturated carbocycles. The molecule has 0 N–H and O–H groups in total. The molecule has 0 radical (unpaired) electrons. The fraction of sp³-hybridized carbons (Fsp3) is 0.333. The molecule has 0 aliphatic carbocycles. The van der Waals surface area contributed by atoms with Gasteiger partial charge in [0.2, 0.25) is 0 Å². The summed E-state index contributed by atoms with van der Waals surface area (Å²) in [4.78, 5) is 14.7. The fourth-order valence-electron chi connectivity index (χ4n) is 0.615. The molecule has 1 aromatic heterocycles. The monoisotopic (exact) mass is 140 g/mol. The number of hydrogen-bond donors (Lipinski definition) is 0. The van der Waals surface area contributed by atoms with Gasteiger partial charge in [-0.3, -0.25) is 4.79 Å².